The van der Waals surface area contributed by atoms with Crippen LogP contribution in [0, 0.1) is 5.92 Å². The van der Waals surface area contributed by atoms with E-state index < -0.39 is 0 Å². The molecule has 0 aliphatic carbocycles. The first-order chi connectivity index (χ1) is 10.0. The van der Waals surface area contributed by atoms with Crippen molar-refractivity contribution in [2.45, 2.75) is 13.8 Å². The lowest BCUT2D eigenvalue weighted by atomic mass is 10.1. The number of benzene rings is 1. The van der Waals surface area contributed by atoms with Crippen molar-refractivity contribution in [3.05, 3.63) is 33.7 Å². The number of piperazine rings is 1. The molecule has 1 aliphatic rings. The van der Waals surface area contributed by atoms with Gasteiger partial charge in [0.1, 0.15) is 0 Å². The highest BCUT2D eigenvalue weighted by molar-refractivity contribution is 6.33. The average molecular weight is 308 g/mol. The summed E-state index contributed by atoms with van der Waals surface area (Å²) in [5, 5.41) is 4.26. The number of carbonyl (C=O) groups excluding carboxylic acids is 1. The van der Waals surface area contributed by atoms with Crippen LogP contribution in [-0.4, -0.2) is 37.0 Å². The van der Waals surface area contributed by atoms with Gasteiger partial charge in [0, 0.05) is 37.0 Å². The van der Waals surface area contributed by atoms with Gasteiger partial charge >= 0.3 is 0 Å². The highest BCUT2D eigenvalue weighted by Crippen LogP contribution is 2.36. The Bertz CT molecular complexity index is 575. The van der Waals surface area contributed by atoms with E-state index in [0.717, 1.165) is 5.69 Å². The first-order valence-electron chi connectivity index (χ1n) is 6.92. The SMILES string of the molecule is CC(C)C(=O)N1CCN(c2c(Cl)cccc2N=[N+]=[N-])CC1. The monoisotopic (exact) mass is 307 g/mol. The van der Waals surface area contributed by atoms with Crippen LogP contribution < -0.4 is 4.90 Å². The van der Waals surface area contributed by atoms with Gasteiger partial charge in [-0.15, -0.1) is 0 Å². The van der Waals surface area contributed by atoms with Gasteiger partial charge in [-0.1, -0.05) is 42.7 Å². The third-order valence-corrected chi connectivity index (χ3v) is 3.82. The van der Waals surface area contributed by atoms with Gasteiger partial charge in [-0.05, 0) is 11.6 Å². The number of nitrogens with zero attached hydrogens (tertiary/aromatic N) is 5. The van der Waals surface area contributed by atoms with Gasteiger partial charge in [0.05, 0.1) is 16.4 Å². The summed E-state index contributed by atoms with van der Waals surface area (Å²) in [5.74, 6) is 0.180. The van der Waals surface area contributed by atoms with Gasteiger partial charge < -0.3 is 9.80 Å². The van der Waals surface area contributed by atoms with Crippen molar-refractivity contribution in [1.82, 2.24) is 4.90 Å². The highest BCUT2D eigenvalue weighted by atomic mass is 35.5. The number of amides is 1. The molecule has 7 heteroatoms. The fourth-order valence-corrected chi connectivity index (χ4v) is 2.75. The summed E-state index contributed by atoms with van der Waals surface area (Å²) >= 11 is 6.24. The maximum Gasteiger partial charge on any atom is 0.225 e. The molecule has 0 aromatic heterocycles. The molecular formula is C14H18ClN5O. The summed E-state index contributed by atoms with van der Waals surface area (Å²) in [4.78, 5) is 18.8. The van der Waals surface area contributed by atoms with Crippen molar-refractivity contribution in [2.24, 2.45) is 11.0 Å². The Morgan fingerprint density at radius 3 is 2.57 bits per heavy atom. The molecule has 1 aliphatic heterocycles. The standard InChI is InChI=1S/C14H18ClN5O/c1-10(2)14(21)20-8-6-19(7-9-20)13-11(15)4-3-5-12(13)17-18-16/h3-5,10H,6-9H2,1-2H3. The van der Waals surface area contributed by atoms with E-state index in [2.05, 4.69) is 14.9 Å². The van der Waals surface area contributed by atoms with Crippen LogP contribution in [0.4, 0.5) is 11.4 Å². The number of anilines is 1. The van der Waals surface area contributed by atoms with Crippen LogP contribution in [0.25, 0.3) is 10.4 Å². The summed E-state index contributed by atoms with van der Waals surface area (Å²) < 4.78 is 0. The molecule has 0 radical (unpaired) electrons. The van der Waals surface area contributed by atoms with E-state index in [9.17, 15) is 4.79 Å². The van der Waals surface area contributed by atoms with E-state index in [0.29, 0.717) is 36.9 Å². The van der Waals surface area contributed by atoms with Crippen LogP contribution in [0.1, 0.15) is 13.8 Å². The molecule has 0 bridgehead atoms. The van der Waals surface area contributed by atoms with Gasteiger partial charge in [-0.2, -0.15) is 0 Å². The molecule has 0 saturated carbocycles. The molecule has 6 nitrogen and oxygen atoms in total. The van der Waals surface area contributed by atoms with Gasteiger partial charge in [0.2, 0.25) is 5.91 Å². The van der Waals surface area contributed by atoms with E-state index >= 15 is 0 Å². The van der Waals surface area contributed by atoms with Crippen molar-refractivity contribution < 1.29 is 4.79 Å². The summed E-state index contributed by atoms with van der Waals surface area (Å²) in [6.07, 6.45) is 0. The van der Waals surface area contributed by atoms with E-state index in [1.807, 2.05) is 18.7 Å². The Labute approximate surface area is 128 Å². The molecule has 1 aromatic rings. The minimum atomic E-state index is 0.00983. The number of carbonyl (C=O) groups is 1. The number of hydrogen-bond donors (Lipinski definition) is 0. The molecule has 1 saturated heterocycles. The number of hydrogen-bond acceptors (Lipinski definition) is 3. The largest absolute Gasteiger partial charge is 0.366 e. The summed E-state index contributed by atoms with van der Waals surface area (Å²) in [5.41, 5.74) is 9.92. The Morgan fingerprint density at radius 2 is 2.00 bits per heavy atom. The summed E-state index contributed by atoms with van der Waals surface area (Å²) in [6, 6.07) is 5.28. The predicted octanol–water partition coefficient (Wildman–Crippen LogP) is 3.59. The second kappa shape index (κ2) is 6.70. The molecule has 0 unspecified atom stereocenters. The quantitative estimate of drug-likeness (QED) is 0.486. The molecule has 1 heterocycles. The van der Waals surface area contributed by atoms with Crippen LogP contribution in [0.3, 0.4) is 0 Å². The second-order valence-electron chi connectivity index (χ2n) is 5.26. The zero-order chi connectivity index (χ0) is 15.4. The average Bonchev–Trinajstić information content (AvgIpc) is 2.47. The lowest BCUT2D eigenvalue weighted by Gasteiger charge is -2.37. The number of halogens is 1. The first-order valence-corrected chi connectivity index (χ1v) is 7.29. The number of azide groups is 1. The topological polar surface area (TPSA) is 72.3 Å². The maximum atomic E-state index is 12.0. The number of para-hydroxylation sites is 1. The Kier molecular flexibility index (Phi) is 4.94. The lowest BCUT2D eigenvalue weighted by molar-refractivity contribution is -0.134. The van der Waals surface area contributed by atoms with E-state index in [-0.39, 0.29) is 11.8 Å². The lowest BCUT2D eigenvalue weighted by Crippen LogP contribution is -2.50. The molecule has 0 spiro atoms. The van der Waals surface area contributed by atoms with Crippen LogP contribution in [0.2, 0.25) is 5.02 Å². The van der Waals surface area contributed by atoms with Gasteiger partial charge in [0.25, 0.3) is 0 Å². The zero-order valence-corrected chi connectivity index (χ0v) is 12.9. The van der Waals surface area contributed by atoms with E-state index in [4.69, 9.17) is 17.1 Å². The van der Waals surface area contributed by atoms with Crippen molar-refractivity contribution in [3.8, 4) is 0 Å². The van der Waals surface area contributed by atoms with E-state index in [1.165, 1.54) is 0 Å². The first kappa shape index (κ1) is 15.5. The van der Waals surface area contributed by atoms with Crippen molar-refractivity contribution in [3.63, 3.8) is 0 Å². The summed E-state index contributed by atoms with van der Waals surface area (Å²) in [7, 11) is 0. The van der Waals surface area contributed by atoms with Gasteiger partial charge in [0.15, 0.2) is 0 Å². The molecule has 0 N–H and O–H groups in total. The molecule has 112 valence electrons. The Hall–Kier alpha value is -1.91. The van der Waals surface area contributed by atoms with E-state index in [1.54, 1.807) is 18.2 Å². The van der Waals surface area contributed by atoms with Gasteiger partial charge in [-0.3, -0.25) is 4.79 Å². The summed E-state index contributed by atoms with van der Waals surface area (Å²) in [6.45, 7) is 6.47. The molecule has 1 aromatic carbocycles. The smallest absolute Gasteiger partial charge is 0.225 e. The van der Waals surface area contributed by atoms with Crippen LogP contribution in [-0.2, 0) is 4.79 Å². The Balaban J connectivity index is 2.16. The van der Waals surface area contributed by atoms with Crippen molar-refractivity contribution in [2.75, 3.05) is 31.1 Å². The fraction of sp³-hybridized carbons (Fsp3) is 0.500. The highest BCUT2D eigenvalue weighted by Gasteiger charge is 2.24. The predicted molar refractivity (Wildman–Crippen MR) is 83.9 cm³/mol. The third kappa shape index (κ3) is 3.40. The zero-order valence-electron chi connectivity index (χ0n) is 12.2. The molecule has 1 amide bonds. The Morgan fingerprint density at radius 1 is 1.33 bits per heavy atom. The molecule has 0 atom stereocenters. The minimum absolute atomic E-state index is 0.00983. The fourth-order valence-electron chi connectivity index (χ4n) is 2.46. The maximum absolute atomic E-state index is 12.0. The van der Waals surface area contributed by atoms with Crippen LogP contribution in [0.15, 0.2) is 23.3 Å². The molecule has 21 heavy (non-hydrogen) atoms. The van der Waals surface area contributed by atoms with Crippen molar-refractivity contribution >= 4 is 28.9 Å². The van der Waals surface area contributed by atoms with Crippen LogP contribution in [0.5, 0.6) is 0 Å². The van der Waals surface area contributed by atoms with Crippen LogP contribution >= 0.6 is 11.6 Å². The normalized spacial score (nSPS) is 15.0. The van der Waals surface area contributed by atoms with Gasteiger partial charge in [-0.25, -0.2) is 0 Å². The van der Waals surface area contributed by atoms with Crippen molar-refractivity contribution in [1.29, 1.82) is 0 Å². The molecule has 2 rings (SSSR count). The minimum Gasteiger partial charge on any atom is -0.366 e. The number of rotatable bonds is 3. The second-order valence-corrected chi connectivity index (χ2v) is 5.67. The molecule has 1 fully saturated rings. The molecular weight excluding hydrogens is 290 g/mol. The third-order valence-electron chi connectivity index (χ3n) is 3.52.